The molecule has 1 aliphatic carbocycles. The minimum atomic E-state index is 0.654. The molecule has 0 aromatic heterocycles. The molecule has 0 amide bonds. The van der Waals surface area contributed by atoms with Crippen molar-refractivity contribution in [2.45, 2.75) is 45.1 Å². The fraction of sp³-hybridized carbons (Fsp3) is 0.929. The molecule has 2 rings (SSSR count). The molecule has 104 valence electrons. The van der Waals surface area contributed by atoms with Crippen molar-refractivity contribution in [1.82, 2.24) is 15.5 Å². The van der Waals surface area contributed by atoms with Gasteiger partial charge in [-0.25, -0.2) is 0 Å². The van der Waals surface area contributed by atoms with Crippen LogP contribution >= 0.6 is 0 Å². The van der Waals surface area contributed by atoms with Crippen LogP contribution in [0.25, 0.3) is 0 Å². The summed E-state index contributed by atoms with van der Waals surface area (Å²) in [7, 11) is 1.85. The Hall–Kier alpha value is -0.770. The Morgan fingerprint density at radius 3 is 2.61 bits per heavy atom. The maximum Gasteiger partial charge on any atom is 0.191 e. The van der Waals surface area contributed by atoms with Crippen LogP contribution in [0.5, 0.6) is 0 Å². The Morgan fingerprint density at radius 1 is 1.28 bits per heavy atom. The molecule has 2 aliphatic rings. The first-order chi connectivity index (χ1) is 8.79. The lowest BCUT2D eigenvalue weighted by atomic mass is 10.3. The van der Waals surface area contributed by atoms with Crippen molar-refractivity contribution in [3.8, 4) is 0 Å². The number of unbranched alkanes of at least 4 members (excludes halogenated alkanes) is 1. The first-order valence-corrected chi connectivity index (χ1v) is 7.49. The molecule has 0 aromatic carbocycles. The van der Waals surface area contributed by atoms with E-state index in [9.17, 15) is 0 Å². The smallest absolute Gasteiger partial charge is 0.191 e. The van der Waals surface area contributed by atoms with Crippen LogP contribution in [0, 0.1) is 5.92 Å². The summed E-state index contributed by atoms with van der Waals surface area (Å²) in [6.07, 6.45) is 6.61. The van der Waals surface area contributed by atoms with Crippen molar-refractivity contribution in [3.05, 3.63) is 0 Å². The average molecular weight is 252 g/mol. The summed E-state index contributed by atoms with van der Waals surface area (Å²) in [5.74, 6) is 1.80. The third kappa shape index (κ3) is 4.48. The van der Waals surface area contributed by atoms with Gasteiger partial charge in [0.1, 0.15) is 0 Å². The van der Waals surface area contributed by atoms with Crippen molar-refractivity contribution < 1.29 is 0 Å². The molecular formula is C14H28N4. The number of likely N-dealkylation sites (tertiary alicyclic amines) is 1. The SMILES string of the molecule is CN=C(NCCCCN1CCCC1)NC1CC1C. The molecule has 4 nitrogen and oxygen atoms in total. The predicted molar refractivity (Wildman–Crippen MR) is 77.0 cm³/mol. The maximum atomic E-state index is 4.26. The quantitative estimate of drug-likeness (QED) is 0.427. The van der Waals surface area contributed by atoms with Gasteiger partial charge in [0.05, 0.1) is 0 Å². The van der Waals surface area contributed by atoms with Crippen molar-refractivity contribution in [2.24, 2.45) is 10.9 Å². The second kappa shape index (κ2) is 6.98. The van der Waals surface area contributed by atoms with E-state index in [0.29, 0.717) is 6.04 Å². The Morgan fingerprint density at radius 2 is 2.00 bits per heavy atom. The second-order valence-electron chi connectivity index (χ2n) is 5.72. The molecule has 18 heavy (non-hydrogen) atoms. The number of hydrogen-bond donors (Lipinski definition) is 2. The summed E-state index contributed by atoms with van der Waals surface area (Å²) >= 11 is 0. The molecule has 2 N–H and O–H groups in total. The predicted octanol–water partition coefficient (Wildman–Crippen LogP) is 1.44. The van der Waals surface area contributed by atoms with Crippen LogP contribution in [0.2, 0.25) is 0 Å². The Labute approximate surface area is 111 Å². The summed E-state index contributed by atoms with van der Waals surface area (Å²) in [4.78, 5) is 6.84. The number of aliphatic imine (C=N–C) groups is 1. The Kier molecular flexibility index (Phi) is 5.29. The molecule has 1 aliphatic heterocycles. The number of guanidine groups is 1. The molecule has 2 unspecified atom stereocenters. The van der Waals surface area contributed by atoms with Crippen LogP contribution in [-0.2, 0) is 0 Å². The van der Waals surface area contributed by atoms with Gasteiger partial charge in [-0.1, -0.05) is 6.92 Å². The van der Waals surface area contributed by atoms with Gasteiger partial charge < -0.3 is 15.5 Å². The zero-order valence-electron chi connectivity index (χ0n) is 11.9. The molecule has 0 bridgehead atoms. The summed E-state index contributed by atoms with van der Waals surface area (Å²) < 4.78 is 0. The van der Waals surface area contributed by atoms with E-state index in [0.717, 1.165) is 18.4 Å². The van der Waals surface area contributed by atoms with E-state index < -0.39 is 0 Å². The number of rotatable bonds is 6. The second-order valence-corrected chi connectivity index (χ2v) is 5.72. The van der Waals surface area contributed by atoms with Gasteiger partial charge in [-0.2, -0.15) is 0 Å². The lowest BCUT2D eigenvalue weighted by Crippen LogP contribution is -2.39. The van der Waals surface area contributed by atoms with Crippen LogP contribution in [0.3, 0.4) is 0 Å². The molecule has 2 atom stereocenters. The minimum Gasteiger partial charge on any atom is -0.356 e. The fourth-order valence-electron chi connectivity index (χ4n) is 2.57. The van der Waals surface area contributed by atoms with E-state index in [2.05, 4.69) is 27.4 Å². The zero-order valence-corrected chi connectivity index (χ0v) is 11.9. The highest BCUT2D eigenvalue weighted by atomic mass is 15.2. The summed E-state index contributed by atoms with van der Waals surface area (Å²) in [6, 6.07) is 0.654. The lowest BCUT2D eigenvalue weighted by molar-refractivity contribution is 0.330. The normalized spacial score (nSPS) is 28.4. The Balaban J connectivity index is 1.48. The first-order valence-electron chi connectivity index (χ1n) is 7.49. The van der Waals surface area contributed by atoms with E-state index in [1.807, 2.05) is 7.05 Å². The fourth-order valence-corrected chi connectivity index (χ4v) is 2.57. The van der Waals surface area contributed by atoms with Crippen LogP contribution in [0.15, 0.2) is 4.99 Å². The monoisotopic (exact) mass is 252 g/mol. The van der Waals surface area contributed by atoms with Gasteiger partial charge in [0, 0.05) is 19.6 Å². The largest absolute Gasteiger partial charge is 0.356 e. The lowest BCUT2D eigenvalue weighted by Gasteiger charge is -2.15. The molecule has 4 heteroatoms. The van der Waals surface area contributed by atoms with Gasteiger partial charge in [-0.15, -0.1) is 0 Å². The highest BCUT2D eigenvalue weighted by Crippen LogP contribution is 2.28. The molecule has 1 heterocycles. The van der Waals surface area contributed by atoms with Gasteiger partial charge in [0.2, 0.25) is 0 Å². The summed E-state index contributed by atoms with van der Waals surface area (Å²) in [6.45, 7) is 7.22. The molecule has 1 saturated heterocycles. The zero-order chi connectivity index (χ0) is 12.8. The third-order valence-electron chi connectivity index (χ3n) is 4.05. The molecule has 1 saturated carbocycles. The number of hydrogen-bond acceptors (Lipinski definition) is 2. The summed E-state index contributed by atoms with van der Waals surface area (Å²) in [5.41, 5.74) is 0. The van der Waals surface area contributed by atoms with Crippen LogP contribution in [0.1, 0.15) is 39.0 Å². The van der Waals surface area contributed by atoms with Crippen molar-refractivity contribution in [2.75, 3.05) is 33.2 Å². The Bertz CT molecular complexity index is 271. The molecular weight excluding hydrogens is 224 g/mol. The summed E-state index contributed by atoms with van der Waals surface area (Å²) in [5, 5.41) is 6.86. The number of nitrogens with zero attached hydrogens (tertiary/aromatic N) is 2. The van der Waals surface area contributed by atoms with Gasteiger partial charge in [-0.05, 0) is 57.7 Å². The van der Waals surface area contributed by atoms with Crippen LogP contribution in [0.4, 0.5) is 0 Å². The minimum absolute atomic E-state index is 0.654. The van der Waals surface area contributed by atoms with Crippen LogP contribution in [-0.4, -0.2) is 50.1 Å². The van der Waals surface area contributed by atoms with E-state index in [1.165, 1.54) is 51.7 Å². The van der Waals surface area contributed by atoms with E-state index in [1.54, 1.807) is 0 Å². The van der Waals surface area contributed by atoms with Crippen LogP contribution < -0.4 is 10.6 Å². The topological polar surface area (TPSA) is 39.7 Å². The van der Waals surface area contributed by atoms with E-state index >= 15 is 0 Å². The van der Waals surface area contributed by atoms with Crippen molar-refractivity contribution in [3.63, 3.8) is 0 Å². The molecule has 0 radical (unpaired) electrons. The number of nitrogens with one attached hydrogen (secondary N) is 2. The highest BCUT2D eigenvalue weighted by Gasteiger charge is 2.33. The molecule has 0 aromatic rings. The van der Waals surface area contributed by atoms with E-state index in [4.69, 9.17) is 0 Å². The van der Waals surface area contributed by atoms with Gasteiger partial charge in [0.25, 0.3) is 0 Å². The van der Waals surface area contributed by atoms with Gasteiger partial charge in [-0.3, -0.25) is 4.99 Å². The maximum absolute atomic E-state index is 4.26. The van der Waals surface area contributed by atoms with E-state index in [-0.39, 0.29) is 0 Å². The standard InChI is InChI=1S/C14H28N4/c1-12-11-13(12)17-14(15-2)16-7-3-4-8-18-9-5-6-10-18/h12-13H,3-11H2,1-2H3,(H2,15,16,17). The molecule has 0 spiro atoms. The van der Waals surface area contributed by atoms with Crippen molar-refractivity contribution >= 4 is 5.96 Å². The third-order valence-corrected chi connectivity index (χ3v) is 4.05. The van der Waals surface area contributed by atoms with Gasteiger partial charge in [0.15, 0.2) is 5.96 Å². The van der Waals surface area contributed by atoms with Gasteiger partial charge >= 0.3 is 0 Å². The average Bonchev–Trinajstić information content (AvgIpc) is 2.86. The highest BCUT2D eigenvalue weighted by molar-refractivity contribution is 5.80. The first kappa shape index (κ1) is 13.7. The molecule has 2 fully saturated rings. The van der Waals surface area contributed by atoms with Crippen molar-refractivity contribution in [1.29, 1.82) is 0 Å².